The number of benzene rings is 1. The number of nitrogens with one attached hydrogen (secondary N) is 1. The van der Waals surface area contributed by atoms with E-state index in [1.54, 1.807) is 7.11 Å². The van der Waals surface area contributed by atoms with Crippen molar-refractivity contribution < 1.29 is 14.3 Å². The van der Waals surface area contributed by atoms with Crippen molar-refractivity contribution in [1.29, 1.82) is 0 Å². The number of thioether (sulfide) groups is 1. The number of nitrogens with zero attached hydrogens (tertiary/aromatic N) is 2. The summed E-state index contributed by atoms with van der Waals surface area (Å²) in [4.78, 5) is 27.8. The molecule has 3 rings (SSSR count). The molecule has 2 amide bonds. The fraction of sp³-hybridized carbons (Fsp3) is 0.524. The molecule has 6 nitrogen and oxygen atoms in total. The molecule has 152 valence electrons. The van der Waals surface area contributed by atoms with Crippen LogP contribution in [0.25, 0.3) is 10.9 Å². The summed E-state index contributed by atoms with van der Waals surface area (Å²) in [6, 6.07) is 8.05. The number of aromatic nitrogens is 1. The van der Waals surface area contributed by atoms with E-state index in [2.05, 4.69) is 12.2 Å². The number of carbonyl (C=O) groups is 2. The number of likely N-dealkylation sites (tertiary alicyclic amines) is 1. The average Bonchev–Trinajstić information content (AvgIpc) is 3.05. The van der Waals surface area contributed by atoms with E-state index in [1.165, 1.54) is 11.8 Å². The summed E-state index contributed by atoms with van der Waals surface area (Å²) in [7, 11) is 1.61. The molecular weight excluding hydrogens is 374 g/mol. The third kappa shape index (κ3) is 5.29. The van der Waals surface area contributed by atoms with Gasteiger partial charge in [0.05, 0.1) is 12.4 Å². The van der Waals surface area contributed by atoms with Gasteiger partial charge in [0.15, 0.2) is 0 Å². The zero-order chi connectivity index (χ0) is 19.9. The van der Waals surface area contributed by atoms with Crippen LogP contribution in [0.2, 0.25) is 0 Å². The monoisotopic (exact) mass is 403 g/mol. The first-order valence-corrected chi connectivity index (χ1v) is 10.8. The Morgan fingerprint density at radius 1 is 1.25 bits per heavy atom. The Labute approximate surface area is 170 Å². The largest absolute Gasteiger partial charge is 0.383 e. The van der Waals surface area contributed by atoms with Gasteiger partial charge in [-0.2, -0.15) is 0 Å². The fourth-order valence-corrected chi connectivity index (χ4v) is 4.37. The molecule has 1 N–H and O–H groups in total. The van der Waals surface area contributed by atoms with E-state index >= 15 is 0 Å². The quantitative estimate of drug-likeness (QED) is 0.544. The van der Waals surface area contributed by atoms with E-state index in [0.717, 1.165) is 41.7 Å². The third-order valence-electron chi connectivity index (χ3n) is 5.18. The molecular formula is C21H29N3O3S. The van der Waals surface area contributed by atoms with Crippen molar-refractivity contribution >= 4 is 34.5 Å². The summed E-state index contributed by atoms with van der Waals surface area (Å²) in [5.41, 5.74) is 1.03. The highest BCUT2D eigenvalue weighted by molar-refractivity contribution is 8.00. The first-order chi connectivity index (χ1) is 13.6. The van der Waals surface area contributed by atoms with E-state index in [9.17, 15) is 9.59 Å². The molecule has 2 heterocycles. The second-order valence-electron chi connectivity index (χ2n) is 7.33. The Bertz CT molecular complexity index is 812. The molecule has 2 aromatic rings. The van der Waals surface area contributed by atoms with Crippen LogP contribution in [0.1, 0.15) is 19.8 Å². The second kappa shape index (κ2) is 9.98. The van der Waals surface area contributed by atoms with Crippen LogP contribution < -0.4 is 5.32 Å². The lowest BCUT2D eigenvalue weighted by Crippen LogP contribution is -2.39. The number of fused-ring (bicyclic) bond motifs is 1. The Hall–Kier alpha value is -1.99. The van der Waals surface area contributed by atoms with E-state index < -0.39 is 0 Å². The third-order valence-corrected chi connectivity index (χ3v) is 6.22. The van der Waals surface area contributed by atoms with Crippen molar-refractivity contribution in [3.8, 4) is 0 Å². The van der Waals surface area contributed by atoms with Crippen LogP contribution in [0.4, 0.5) is 0 Å². The van der Waals surface area contributed by atoms with Crippen molar-refractivity contribution in [1.82, 2.24) is 14.8 Å². The molecule has 1 saturated heterocycles. The minimum atomic E-state index is -0.0163. The summed E-state index contributed by atoms with van der Waals surface area (Å²) in [6.45, 7) is 5.31. The lowest BCUT2D eigenvalue weighted by atomic mass is 9.99. The highest BCUT2D eigenvalue weighted by atomic mass is 32.2. The van der Waals surface area contributed by atoms with Crippen LogP contribution in [0.5, 0.6) is 0 Å². The number of piperidine rings is 1. The van der Waals surface area contributed by atoms with Gasteiger partial charge in [-0.15, -0.1) is 11.8 Å². The number of hydrogen-bond donors (Lipinski definition) is 1. The van der Waals surface area contributed by atoms with Gasteiger partial charge in [-0.1, -0.05) is 25.1 Å². The van der Waals surface area contributed by atoms with Gasteiger partial charge < -0.3 is 19.5 Å². The number of carbonyl (C=O) groups excluding carboxylic acids is 2. The Morgan fingerprint density at radius 3 is 2.75 bits per heavy atom. The lowest BCUT2D eigenvalue weighted by Gasteiger charge is -2.30. The minimum absolute atomic E-state index is 0.0163. The second-order valence-corrected chi connectivity index (χ2v) is 8.35. The molecule has 0 unspecified atom stereocenters. The van der Waals surface area contributed by atoms with Gasteiger partial charge in [-0.3, -0.25) is 9.59 Å². The lowest BCUT2D eigenvalue weighted by molar-refractivity contribution is -0.133. The number of ether oxygens (including phenoxy) is 1. The maximum absolute atomic E-state index is 12.8. The number of methoxy groups -OCH3 is 1. The van der Waals surface area contributed by atoms with Gasteiger partial charge in [0.25, 0.3) is 0 Å². The van der Waals surface area contributed by atoms with Crippen LogP contribution >= 0.6 is 11.8 Å². The summed E-state index contributed by atoms with van der Waals surface area (Å²) in [6.07, 6.45) is 4.16. The molecule has 1 aromatic heterocycles. The Balaban J connectivity index is 1.66. The van der Waals surface area contributed by atoms with Crippen LogP contribution in [0.3, 0.4) is 0 Å². The van der Waals surface area contributed by atoms with Crippen molar-refractivity contribution in [2.45, 2.75) is 31.2 Å². The smallest absolute Gasteiger partial charge is 0.242 e. The molecule has 1 aromatic carbocycles. The first-order valence-electron chi connectivity index (χ1n) is 9.82. The van der Waals surface area contributed by atoms with Crippen LogP contribution in [0.15, 0.2) is 35.4 Å². The number of amides is 2. The standard InChI is InChI=1S/C21H29N3O3S/c1-16-7-10-23(11-8-16)21(26)14-24-13-19(17-5-3-4-6-18(17)24)28-15-20(25)22-9-12-27-2/h3-6,13,16H,7-12,14-15H2,1-2H3,(H,22,25). The molecule has 7 heteroatoms. The van der Waals surface area contributed by atoms with Crippen LogP contribution in [-0.2, 0) is 20.9 Å². The van der Waals surface area contributed by atoms with E-state index in [-0.39, 0.29) is 11.8 Å². The number of para-hydroxylation sites is 1. The van der Waals surface area contributed by atoms with Crippen LogP contribution in [-0.4, -0.2) is 60.4 Å². The van der Waals surface area contributed by atoms with E-state index in [1.807, 2.05) is 39.9 Å². The molecule has 0 spiro atoms. The maximum Gasteiger partial charge on any atom is 0.242 e. The zero-order valence-corrected chi connectivity index (χ0v) is 17.5. The predicted molar refractivity (Wildman–Crippen MR) is 113 cm³/mol. The van der Waals surface area contributed by atoms with E-state index in [0.29, 0.717) is 31.4 Å². The summed E-state index contributed by atoms with van der Waals surface area (Å²) >= 11 is 1.50. The van der Waals surface area contributed by atoms with E-state index in [4.69, 9.17) is 4.74 Å². The number of rotatable bonds is 8. The summed E-state index contributed by atoms with van der Waals surface area (Å²) < 4.78 is 6.96. The fourth-order valence-electron chi connectivity index (χ4n) is 3.45. The maximum atomic E-state index is 12.8. The molecule has 1 aliphatic rings. The van der Waals surface area contributed by atoms with Gasteiger partial charge in [0.1, 0.15) is 6.54 Å². The molecule has 0 atom stereocenters. The first kappa shape index (κ1) is 20.7. The molecule has 1 aliphatic heterocycles. The summed E-state index contributed by atoms with van der Waals surface area (Å²) in [5.74, 6) is 1.20. The van der Waals surface area contributed by atoms with Crippen LogP contribution in [0, 0.1) is 5.92 Å². The van der Waals surface area contributed by atoms with Crippen molar-refractivity contribution in [3.05, 3.63) is 30.5 Å². The van der Waals surface area contributed by atoms with Crippen molar-refractivity contribution in [2.24, 2.45) is 5.92 Å². The van der Waals surface area contributed by atoms with Crippen molar-refractivity contribution in [2.75, 3.05) is 39.1 Å². The Kier molecular flexibility index (Phi) is 7.39. The minimum Gasteiger partial charge on any atom is -0.383 e. The Morgan fingerprint density at radius 2 is 2.00 bits per heavy atom. The number of hydrogen-bond acceptors (Lipinski definition) is 4. The topological polar surface area (TPSA) is 63.6 Å². The van der Waals surface area contributed by atoms with Gasteiger partial charge in [-0.05, 0) is 24.8 Å². The molecule has 0 saturated carbocycles. The predicted octanol–water partition coefficient (Wildman–Crippen LogP) is 2.75. The molecule has 0 aliphatic carbocycles. The SMILES string of the molecule is COCCNC(=O)CSc1cn(CC(=O)N2CCC(C)CC2)c2ccccc12. The summed E-state index contributed by atoms with van der Waals surface area (Å²) in [5, 5.41) is 3.92. The molecule has 28 heavy (non-hydrogen) atoms. The highest BCUT2D eigenvalue weighted by Gasteiger charge is 2.21. The van der Waals surface area contributed by atoms with Gasteiger partial charge >= 0.3 is 0 Å². The van der Waals surface area contributed by atoms with Gasteiger partial charge in [-0.25, -0.2) is 0 Å². The molecule has 1 fully saturated rings. The average molecular weight is 404 g/mol. The van der Waals surface area contributed by atoms with Crippen molar-refractivity contribution in [3.63, 3.8) is 0 Å². The molecule has 0 bridgehead atoms. The molecule has 0 radical (unpaired) electrons. The van der Waals surface area contributed by atoms with Gasteiger partial charge in [0.2, 0.25) is 11.8 Å². The zero-order valence-electron chi connectivity index (χ0n) is 16.6. The highest BCUT2D eigenvalue weighted by Crippen LogP contribution is 2.30. The van der Waals surface area contributed by atoms with Gasteiger partial charge in [0, 0.05) is 48.7 Å². The normalized spacial score (nSPS) is 15.1.